The molecule has 5 nitrogen and oxygen atoms in total. The number of nitrogens with two attached hydrogens (primary N) is 1. The largest absolute Gasteiger partial charge is 0.481 e. The summed E-state index contributed by atoms with van der Waals surface area (Å²) in [7, 11) is 0. The van der Waals surface area contributed by atoms with Crippen molar-refractivity contribution < 1.29 is 14.7 Å². The number of nitrogens with one attached hydrogen (secondary N) is 1. The Morgan fingerprint density at radius 2 is 2.00 bits per heavy atom. The maximum atomic E-state index is 11.4. The monoisotopic (exact) mass is 244 g/mol. The van der Waals surface area contributed by atoms with E-state index in [-0.39, 0.29) is 18.4 Å². The van der Waals surface area contributed by atoms with Crippen molar-refractivity contribution in [3.05, 3.63) is 0 Å². The highest BCUT2D eigenvalue weighted by molar-refractivity contribution is 5.76. The van der Waals surface area contributed by atoms with Crippen molar-refractivity contribution in [2.75, 3.05) is 6.54 Å². The first-order valence-corrected chi connectivity index (χ1v) is 6.30. The number of carbonyl (C=O) groups excluding carboxylic acids is 1. The molecular formula is C12H24N2O3. The lowest BCUT2D eigenvalue weighted by Gasteiger charge is -2.10. The molecule has 0 radical (unpaired) electrons. The molecule has 0 aromatic carbocycles. The van der Waals surface area contributed by atoms with Crippen molar-refractivity contribution in [1.82, 2.24) is 5.32 Å². The van der Waals surface area contributed by atoms with Crippen LogP contribution in [0.4, 0.5) is 0 Å². The molecule has 0 saturated heterocycles. The Kier molecular flexibility index (Phi) is 9.43. The van der Waals surface area contributed by atoms with Crippen LogP contribution in [0.1, 0.15) is 51.9 Å². The smallest absolute Gasteiger partial charge is 0.303 e. The molecule has 0 aromatic heterocycles. The summed E-state index contributed by atoms with van der Waals surface area (Å²) in [5.74, 6) is -0.774. The van der Waals surface area contributed by atoms with E-state index >= 15 is 0 Å². The second kappa shape index (κ2) is 10.1. The minimum Gasteiger partial charge on any atom is -0.481 e. The van der Waals surface area contributed by atoms with E-state index in [0.29, 0.717) is 19.4 Å². The molecule has 1 atom stereocenters. The molecule has 4 N–H and O–H groups in total. The standard InChI is InChI=1S/C12H24N2O3/c1-2-6-10(13)9-11(15)14-8-5-3-4-7-12(16)17/h10H,2-9,13H2,1H3,(H,14,15)(H,16,17). The van der Waals surface area contributed by atoms with Crippen molar-refractivity contribution >= 4 is 11.9 Å². The fraction of sp³-hybridized carbons (Fsp3) is 0.833. The second-order valence-electron chi connectivity index (χ2n) is 4.31. The van der Waals surface area contributed by atoms with Gasteiger partial charge in [-0.05, 0) is 19.3 Å². The number of hydrogen-bond acceptors (Lipinski definition) is 3. The Morgan fingerprint density at radius 3 is 2.59 bits per heavy atom. The zero-order chi connectivity index (χ0) is 13.1. The predicted octanol–water partition coefficient (Wildman–Crippen LogP) is 1.27. The molecule has 0 aromatic rings. The van der Waals surface area contributed by atoms with Crippen LogP contribution in [0.5, 0.6) is 0 Å². The molecule has 0 aliphatic rings. The van der Waals surface area contributed by atoms with Crippen molar-refractivity contribution in [1.29, 1.82) is 0 Å². The van der Waals surface area contributed by atoms with Gasteiger partial charge >= 0.3 is 5.97 Å². The normalized spacial score (nSPS) is 12.1. The molecule has 5 heteroatoms. The molecule has 100 valence electrons. The van der Waals surface area contributed by atoms with E-state index in [2.05, 4.69) is 5.32 Å². The summed E-state index contributed by atoms with van der Waals surface area (Å²) >= 11 is 0. The lowest BCUT2D eigenvalue weighted by atomic mass is 10.1. The molecule has 0 rings (SSSR count). The summed E-state index contributed by atoms with van der Waals surface area (Å²) in [5, 5.41) is 11.2. The van der Waals surface area contributed by atoms with Gasteiger partial charge < -0.3 is 16.2 Å². The van der Waals surface area contributed by atoms with Crippen molar-refractivity contribution in [2.45, 2.75) is 57.9 Å². The number of carbonyl (C=O) groups is 2. The molecule has 1 unspecified atom stereocenters. The predicted molar refractivity (Wildman–Crippen MR) is 66.6 cm³/mol. The van der Waals surface area contributed by atoms with Gasteiger partial charge in [-0.3, -0.25) is 9.59 Å². The van der Waals surface area contributed by atoms with Crippen LogP contribution < -0.4 is 11.1 Å². The number of hydrogen-bond donors (Lipinski definition) is 3. The number of carboxylic acid groups (broad SMARTS) is 1. The van der Waals surface area contributed by atoms with Gasteiger partial charge in [0, 0.05) is 25.4 Å². The van der Waals surface area contributed by atoms with Crippen LogP contribution in [0.25, 0.3) is 0 Å². The van der Waals surface area contributed by atoms with E-state index in [1.165, 1.54) is 0 Å². The average Bonchev–Trinajstić information content (AvgIpc) is 2.23. The van der Waals surface area contributed by atoms with Gasteiger partial charge in [-0.1, -0.05) is 19.8 Å². The fourth-order valence-corrected chi connectivity index (χ4v) is 1.59. The molecule has 0 heterocycles. The Labute approximate surface area is 103 Å². The fourth-order valence-electron chi connectivity index (χ4n) is 1.59. The minimum atomic E-state index is -0.764. The first-order valence-electron chi connectivity index (χ1n) is 6.30. The first kappa shape index (κ1) is 15.9. The van der Waals surface area contributed by atoms with Gasteiger partial charge in [0.2, 0.25) is 5.91 Å². The number of rotatable bonds is 10. The maximum Gasteiger partial charge on any atom is 0.303 e. The molecule has 0 saturated carbocycles. The molecule has 0 fully saturated rings. The highest BCUT2D eigenvalue weighted by Gasteiger charge is 2.07. The lowest BCUT2D eigenvalue weighted by molar-refractivity contribution is -0.137. The zero-order valence-corrected chi connectivity index (χ0v) is 10.6. The molecule has 0 spiro atoms. The van der Waals surface area contributed by atoms with E-state index in [0.717, 1.165) is 25.7 Å². The number of unbranched alkanes of at least 4 members (excludes halogenated alkanes) is 2. The van der Waals surface area contributed by atoms with Crippen molar-refractivity contribution in [3.63, 3.8) is 0 Å². The van der Waals surface area contributed by atoms with E-state index in [1.807, 2.05) is 6.92 Å². The molecule has 0 bridgehead atoms. The zero-order valence-electron chi connectivity index (χ0n) is 10.6. The van der Waals surface area contributed by atoms with Crippen LogP contribution in [0, 0.1) is 0 Å². The third-order valence-corrected chi connectivity index (χ3v) is 2.50. The number of amides is 1. The number of carboxylic acids is 1. The van der Waals surface area contributed by atoms with Crippen LogP contribution in [0.3, 0.4) is 0 Å². The lowest BCUT2D eigenvalue weighted by Crippen LogP contribution is -2.32. The van der Waals surface area contributed by atoms with Gasteiger partial charge in [0.05, 0.1) is 0 Å². The van der Waals surface area contributed by atoms with Gasteiger partial charge in [0.25, 0.3) is 0 Å². The summed E-state index contributed by atoms with van der Waals surface area (Å²) in [4.78, 5) is 21.6. The van der Waals surface area contributed by atoms with E-state index < -0.39 is 5.97 Å². The average molecular weight is 244 g/mol. The van der Waals surface area contributed by atoms with E-state index in [4.69, 9.17) is 10.8 Å². The molecule has 0 aliphatic carbocycles. The van der Waals surface area contributed by atoms with Crippen molar-refractivity contribution in [3.8, 4) is 0 Å². The summed E-state index contributed by atoms with van der Waals surface area (Å²) in [6, 6.07) is -0.0491. The molecule has 0 aliphatic heterocycles. The summed E-state index contributed by atoms with van der Waals surface area (Å²) in [6.45, 7) is 2.65. The molecule has 1 amide bonds. The van der Waals surface area contributed by atoms with Gasteiger partial charge in [0.1, 0.15) is 0 Å². The Hall–Kier alpha value is -1.10. The summed E-state index contributed by atoms with van der Waals surface area (Å²) < 4.78 is 0. The maximum absolute atomic E-state index is 11.4. The van der Waals surface area contributed by atoms with Crippen LogP contribution >= 0.6 is 0 Å². The second-order valence-corrected chi connectivity index (χ2v) is 4.31. The SMILES string of the molecule is CCCC(N)CC(=O)NCCCCCC(=O)O. The minimum absolute atomic E-state index is 0.0100. The van der Waals surface area contributed by atoms with Gasteiger partial charge in [-0.15, -0.1) is 0 Å². The molecule has 17 heavy (non-hydrogen) atoms. The Balaban J connectivity index is 3.36. The van der Waals surface area contributed by atoms with Crippen LogP contribution in [0.15, 0.2) is 0 Å². The highest BCUT2D eigenvalue weighted by atomic mass is 16.4. The Bertz CT molecular complexity index is 232. The molecular weight excluding hydrogens is 220 g/mol. The van der Waals surface area contributed by atoms with Gasteiger partial charge in [0.15, 0.2) is 0 Å². The van der Waals surface area contributed by atoms with Crippen LogP contribution in [-0.4, -0.2) is 29.6 Å². The highest BCUT2D eigenvalue weighted by Crippen LogP contribution is 2.00. The van der Waals surface area contributed by atoms with Crippen LogP contribution in [-0.2, 0) is 9.59 Å². The third-order valence-electron chi connectivity index (χ3n) is 2.50. The quantitative estimate of drug-likeness (QED) is 0.504. The summed E-state index contributed by atoms with van der Waals surface area (Å²) in [6.07, 6.45) is 4.75. The summed E-state index contributed by atoms with van der Waals surface area (Å²) in [5.41, 5.74) is 5.74. The third kappa shape index (κ3) is 11.2. The van der Waals surface area contributed by atoms with E-state index in [1.54, 1.807) is 0 Å². The van der Waals surface area contributed by atoms with Gasteiger partial charge in [-0.2, -0.15) is 0 Å². The number of aliphatic carboxylic acids is 1. The van der Waals surface area contributed by atoms with Crippen molar-refractivity contribution in [2.24, 2.45) is 5.73 Å². The van der Waals surface area contributed by atoms with Gasteiger partial charge in [-0.25, -0.2) is 0 Å². The van der Waals surface area contributed by atoms with Crippen LogP contribution in [0.2, 0.25) is 0 Å². The first-order chi connectivity index (χ1) is 8.06. The van der Waals surface area contributed by atoms with E-state index in [9.17, 15) is 9.59 Å². The Morgan fingerprint density at radius 1 is 1.29 bits per heavy atom. The topological polar surface area (TPSA) is 92.4 Å².